The Bertz CT molecular complexity index is 976. The van der Waals surface area contributed by atoms with Gasteiger partial charge in [-0.25, -0.2) is 0 Å². The fourth-order valence-corrected chi connectivity index (χ4v) is 4.19. The van der Waals surface area contributed by atoms with Crippen LogP contribution in [0.15, 0.2) is 71.6 Å². The number of hydrogen-bond acceptors (Lipinski definition) is 2. The van der Waals surface area contributed by atoms with Crippen LogP contribution < -0.4 is 10.2 Å². The van der Waals surface area contributed by atoms with Gasteiger partial charge in [0, 0.05) is 34.3 Å². The normalized spacial score (nSPS) is 19.7. The molecule has 1 saturated heterocycles. The van der Waals surface area contributed by atoms with E-state index >= 15 is 0 Å². The zero-order valence-electron chi connectivity index (χ0n) is 16.1. The first kappa shape index (κ1) is 19.2. The fraction of sp³-hybridized carbons (Fsp3) is 0.273. The van der Waals surface area contributed by atoms with E-state index in [0.29, 0.717) is 5.11 Å². The van der Waals surface area contributed by atoms with Crippen LogP contribution in [-0.2, 0) is 5.54 Å². The summed E-state index contributed by atoms with van der Waals surface area (Å²) in [6.07, 6.45) is 6.20. The van der Waals surface area contributed by atoms with Gasteiger partial charge in [-0.05, 0) is 81.0 Å². The van der Waals surface area contributed by atoms with Gasteiger partial charge in [-0.15, -0.1) is 0 Å². The summed E-state index contributed by atoms with van der Waals surface area (Å²) in [6.45, 7) is 6.62. The van der Waals surface area contributed by atoms with Gasteiger partial charge in [0.25, 0.3) is 0 Å². The zero-order chi connectivity index (χ0) is 19.9. The lowest BCUT2D eigenvalue weighted by atomic mass is 9.98. The van der Waals surface area contributed by atoms with Gasteiger partial charge in [0.1, 0.15) is 0 Å². The van der Waals surface area contributed by atoms with Crippen molar-refractivity contribution in [2.45, 2.75) is 38.4 Å². The van der Waals surface area contributed by atoms with Crippen LogP contribution in [0.2, 0.25) is 0 Å². The highest BCUT2D eigenvalue weighted by atomic mass is 79.9. The SMILES string of the molecule is CC(C)(C)n1ccc([C@H]2[C@@H](c3ccccn3)NC(=S)N2c2ccc(Br)cc2)c1. The van der Waals surface area contributed by atoms with Crippen molar-refractivity contribution < 1.29 is 0 Å². The van der Waals surface area contributed by atoms with Crippen molar-refractivity contribution in [1.29, 1.82) is 0 Å². The fourth-order valence-electron chi connectivity index (χ4n) is 3.58. The van der Waals surface area contributed by atoms with Crippen LogP contribution in [0.5, 0.6) is 0 Å². The van der Waals surface area contributed by atoms with E-state index in [-0.39, 0.29) is 17.6 Å². The van der Waals surface area contributed by atoms with E-state index in [4.69, 9.17) is 12.2 Å². The van der Waals surface area contributed by atoms with Crippen LogP contribution >= 0.6 is 28.1 Å². The number of nitrogens with zero attached hydrogens (tertiary/aromatic N) is 3. The maximum Gasteiger partial charge on any atom is 0.174 e. The van der Waals surface area contributed by atoms with Crippen molar-refractivity contribution in [3.05, 3.63) is 82.9 Å². The Morgan fingerprint density at radius 2 is 1.82 bits per heavy atom. The van der Waals surface area contributed by atoms with E-state index in [0.717, 1.165) is 15.9 Å². The second-order valence-corrected chi connectivity index (χ2v) is 9.30. The highest BCUT2D eigenvalue weighted by Gasteiger charge is 2.41. The lowest BCUT2D eigenvalue weighted by Crippen LogP contribution is -2.29. The first-order chi connectivity index (χ1) is 13.3. The van der Waals surface area contributed by atoms with Gasteiger partial charge in [-0.3, -0.25) is 4.98 Å². The maximum atomic E-state index is 5.76. The van der Waals surface area contributed by atoms with E-state index in [1.54, 1.807) is 0 Å². The Morgan fingerprint density at radius 3 is 2.43 bits per heavy atom. The molecule has 2 atom stereocenters. The van der Waals surface area contributed by atoms with Gasteiger partial charge in [0.2, 0.25) is 0 Å². The molecule has 4 rings (SSSR count). The Kier molecular flexibility index (Phi) is 5.02. The molecule has 0 aliphatic carbocycles. The summed E-state index contributed by atoms with van der Waals surface area (Å²) in [5, 5.41) is 4.22. The lowest BCUT2D eigenvalue weighted by Gasteiger charge is -2.28. The molecule has 1 aliphatic rings. The minimum atomic E-state index is -0.0202. The van der Waals surface area contributed by atoms with Crippen molar-refractivity contribution in [3.63, 3.8) is 0 Å². The van der Waals surface area contributed by atoms with Gasteiger partial charge in [-0.1, -0.05) is 22.0 Å². The molecular formula is C22H23BrN4S. The van der Waals surface area contributed by atoms with Crippen LogP contribution in [0.25, 0.3) is 0 Å². The monoisotopic (exact) mass is 454 g/mol. The summed E-state index contributed by atoms with van der Waals surface area (Å²) >= 11 is 9.28. The van der Waals surface area contributed by atoms with Crippen LogP contribution in [0.3, 0.4) is 0 Å². The molecule has 0 saturated carbocycles. The first-order valence-electron chi connectivity index (χ1n) is 9.29. The number of pyridine rings is 1. The molecule has 6 heteroatoms. The summed E-state index contributed by atoms with van der Waals surface area (Å²) in [5.41, 5.74) is 3.28. The molecule has 1 N–H and O–H groups in total. The summed E-state index contributed by atoms with van der Waals surface area (Å²) in [6, 6.07) is 16.5. The number of hydrogen-bond donors (Lipinski definition) is 1. The Balaban J connectivity index is 1.81. The third-order valence-corrected chi connectivity index (χ3v) is 5.88. The lowest BCUT2D eigenvalue weighted by molar-refractivity contribution is 0.397. The molecule has 0 spiro atoms. The average Bonchev–Trinajstić information content (AvgIpc) is 3.28. The Hall–Kier alpha value is -2.18. The summed E-state index contributed by atoms with van der Waals surface area (Å²) in [7, 11) is 0. The van der Waals surface area contributed by atoms with Crippen LogP contribution in [0.1, 0.15) is 44.1 Å². The van der Waals surface area contributed by atoms with E-state index in [9.17, 15) is 0 Å². The van der Waals surface area contributed by atoms with Crippen LogP contribution in [0, 0.1) is 0 Å². The van der Waals surface area contributed by atoms with E-state index in [1.807, 2.05) is 30.5 Å². The molecule has 0 radical (unpaired) electrons. The van der Waals surface area contributed by atoms with E-state index in [2.05, 4.69) is 93.1 Å². The molecule has 2 aromatic heterocycles. The highest BCUT2D eigenvalue weighted by molar-refractivity contribution is 9.10. The molecular weight excluding hydrogens is 432 g/mol. The molecule has 1 aliphatic heterocycles. The Morgan fingerprint density at radius 1 is 1.07 bits per heavy atom. The second-order valence-electron chi connectivity index (χ2n) is 8.00. The summed E-state index contributed by atoms with van der Waals surface area (Å²) < 4.78 is 3.30. The van der Waals surface area contributed by atoms with Crippen molar-refractivity contribution >= 4 is 38.9 Å². The first-order valence-corrected chi connectivity index (χ1v) is 10.5. The number of aromatic nitrogens is 2. The molecule has 3 aromatic rings. The van der Waals surface area contributed by atoms with E-state index < -0.39 is 0 Å². The highest BCUT2D eigenvalue weighted by Crippen LogP contribution is 2.42. The molecule has 28 heavy (non-hydrogen) atoms. The number of anilines is 1. The largest absolute Gasteiger partial charge is 0.351 e. The number of halogens is 1. The third-order valence-electron chi connectivity index (χ3n) is 5.03. The van der Waals surface area contributed by atoms with Gasteiger partial charge in [0.05, 0.1) is 17.8 Å². The Labute approximate surface area is 179 Å². The van der Waals surface area contributed by atoms with Crippen LogP contribution in [0.4, 0.5) is 5.69 Å². The van der Waals surface area contributed by atoms with Gasteiger partial charge in [0.15, 0.2) is 5.11 Å². The molecule has 0 bridgehead atoms. The average molecular weight is 455 g/mol. The molecule has 0 unspecified atom stereocenters. The van der Waals surface area contributed by atoms with E-state index in [1.165, 1.54) is 5.56 Å². The molecule has 0 amide bonds. The standard InChI is InChI=1S/C22H23BrN4S/c1-22(2,3)26-13-11-15(14-26)20-19(18-6-4-5-12-24-18)25-21(28)27(20)17-9-7-16(23)8-10-17/h4-14,19-20H,1-3H3,(H,25,28)/t19-,20+/m1/s1. The minimum Gasteiger partial charge on any atom is -0.351 e. The predicted octanol–water partition coefficient (Wildman–Crippen LogP) is 5.58. The van der Waals surface area contributed by atoms with Gasteiger partial charge in [-0.2, -0.15) is 0 Å². The number of thiocarbonyl (C=S) groups is 1. The quantitative estimate of drug-likeness (QED) is 0.523. The number of benzene rings is 1. The minimum absolute atomic E-state index is 0.0202. The van der Waals surface area contributed by atoms with Gasteiger partial charge >= 0.3 is 0 Å². The predicted molar refractivity (Wildman–Crippen MR) is 122 cm³/mol. The van der Waals surface area contributed by atoms with Crippen molar-refractivity contribution in [1.82, 2.24) is 14.9 Å². The summed E-state index contributed by atoms with van der Waals surface area (Å²) in [4.78, 5) is 6.80. The molecule has 1 fully saturated rings. The second kappa shape index (κ2) is 7.33. The van der Waals surface area contributed by atoms with Gasteiger partial charge < -0.3 is 14.8 Å². The zero-order valence-corrected chi connectivity index (χ0v) is 18.5. The molecule has 4 nitrogen and oxygen atoms in total. The van der Waals surface area contributed by atoms with Crippen molar-refractivity contribution in [2.75, 3.05) is 4.90 Å². The smallest absolute Gasteiger partial charge is 0.174 e. The van der Waals surface area contributed by atoms with Crippen LogP contribution in [-0.4, -0.2) is 14.7 Å². The topological polar surface area (TPSA) is 33.1 Å². The third kappa shape index (κ3) is 3.59. The number of nitrogens with one attached hydrogen (secondary N) is 1. The summed E-state index contributed by atoms with van der Waals surface area (Å²) in [5.74, 6) is 0. The maximum absolute atomic E-state index is 5.76. The van der Waals surface area contributed by atoms with Crippen molar-refractivity contribution in [2.24, 2.45) is 0 Å². The van der Waals surface area contributed by atoms with Crippen molar-refractivity contribution in [3.8, 4) is 0 Å². The molecule has 144 valence electrons. The number of rotatable bonds is 3. The molecule has 3 heterocycles. The molecule has 1 aromatic carbocycles.